The molecule has 1 unspecified atom stereocenters. The van der Waals surface area contributed by atoms with E-state index in [0.29, 0.717) is 36.3 Å². The third-order valence-electron chi connectivity index (χ3n) is 4.79. The van der Waals surface area contributed by atoms with Crippen LogP contribution in [0.4, 0.5) is 5.69 Å². The van der Waals surface area contributed by atoms with Gasteiger partial charge in [0.15, 0.2) is 0 Å². The predicted molar refractivity (Wildman–Crippen MR) is 107 cm³/mol. The quantitative estimate of drug-likeness (QED) is 0.628. The second kappa shape index (κ2) is 7.64. The summed E-state index contributed by atoms with van der Waals surface area (Å²) in [4.78, 5) is 18.8. The Morgan fingerprint density at radius 1 is 1.29 bits per heavy atom. The van der Waals surface area contributed by atoms with Crippen molar-refractivity contribution in [1.29, 1.82) is 0 Å². The summed E-state index contributed by atoms with van der Waals surface area (Å²) in [7, 11) is 0. The lowest BCUT2D eigenvalue weighted by Gasteiger charge is -2.17. The standard InChI is InChI=1S/C21H20ClN3O3/c1-3-27-17-6-4-5-14(9-17)20-23-21(28-24-20)15-10-19(26)25(12-15)16-8-7-13(2)18(22)11-16/h4-9,11,15H,3,10,12H2,1-2H3. The van der Waals surface area contributed by atoms with Crippen molar-refractivity contribution in [3.05, 3.63) is 58.9 Å². The molecule has 7 heteroatoms. The molecule has 1 saturated heterocycles. The summed E-state index contributed by atoms with van der Waals surface area (Å²) in [5.74, 6) is 1.57. The lowest BCUT2D eigenvalue weighted by atomic mass is 10.1. The van der Waals surface area contributed by atoms with Gasteiger partial charge in [-0.1, -0.05) is 35.0 Å². The molecule has 2 heterocycles. The summed E-state index contributed by atoms with van der Waals surface area (Å²) in [6, 6.07) is 13.2. The van der Waals surface area contributed by atoms with Crippen LogP contribution >= 0.6 is 11.6 Å². The number of halogens is 1. The van der Waals surface area contributed by atoms with Gasteiger partial charge in [0.05, 0.1) is 12.5 Å². The number of anilines is 1. The van der Waals surface area contributed by atoms with Gasteiger partial charge in [0.1, 0.15) is 5.75 Å². The number of hydrogen-bond donors (Lipinski definition) is 0. The molecule has 0 saturated carbocycles. The average Bonchev–Trinajstić information content (AvgIpc) is 3.32. The number of aromatic nitrogens is 2. The molecule has 1 fully saturated rings. The maximum Gasteiger partial charge on any atom is 0.232 e. The zero-order valence-corrected chi connectivity index (χ0v) is 16.4. The Labute approximate surface area is 168 Å². The number of benzene rings is 2. The highest BCUT2D eigenvalue weighted by Gasteiger charge is 2.35. The van der Waals surface area contributed by atoms with Crippen molar-refractivity contribution < 1.29 is 14.1 Å². The maximum absolute atomic E-state index is 12.5. The molecule has 0 spiro atoms. The normalized spacial score (nSPS) is 16.6. The third kappa shape index (κ3) is 3.60. The van der Waals surface area contributed by atoms with Crippen LogP contribution in [-0.4, -0.2) is 29.2 Å². The molecule has 4 rings (SSSR count). The third-order valence-corrected chi connectivity index (χ3v) is 5.19. The number of aryl methyl sites for hydroxylation is 1. The number of amides is 1. The Balaban J connectivity index is 1.54. The monoisotopic (exact) mass is 397 g/mol. The summed E-state index contributed by atoms with van der Waals surface area (Å²) in [5.41, 5.74) is 2.57. The van der Waals surface area contributed by atoms with Gasteiger partial charge < -0.3 is 14.2 Å². The van der Waals surface area contributed by atoms with E-state index < -0.39 is 0 Å². The molecular weight excluding hydrogens is 378 g/mol. The number of ether oxygens (including phenoxy) is 1. The van der Waals surface area contributed by atoms with E-state index in [1.807, 2.05) is 56.3 Å². The Kier molecular flexibility index (Phi) is 5.05. The van der Waals surface area contributed by atoms with Crippen LogP contribution in [-0.2, 0) is 4.79 Å². The Morgan fingerprint density at radius 2 is 2.14 bits per heavy atom. The predicted octanol–water partition coefficient (Wildman–Crippen LogP) is 4.62. The van der Waals surface area contributed by atoms with Crippen LogP contribution in [0.5, 0.6) is 5.75 Å². The zero-order chi connectivity index (χ0) is 19.7. The zero-order valence-electron chi connectivity index (χ0n) is 15.7. The summed E-state index contributed by atoms with van der Waals surface area (Å²) in [6.45, 7) is 4.94. The molecule has 1 aromatic heterocycles. The largest absolute Gasteiger partial charge is 0.494 e. The van der Waals surface area contributed by atoms with E-state index in [2.05, 4.69) is 10.1 Å². The molecule has 1 amide bonds. The molecule has 1 aliphatic heterocycles. The number of rotatable bonds is 5. The van der Waals surface area contributed by atoms with E-state index in [1.165, 1.54) is 0 Å². The van der Waals surface area contributed by atoms with Crippen molar-refractivity contribution in [3.8, 4) is 17.1 Å². The van der Waals surface area contributed by atoms with E-state index in [0.717, 1.165) is 22.6 Å². The summed E-state index contributed by atoms with van der Waals surface area (Å²) in [5, 5.41) is 4.73. The van der Waals surface area contributed by atoms with Gasteiger partial charge in [-0.15, -0.1) is 0 Å². The van der Waals surface area contributed by atoms with E-state index in [1.54, 1.807) is 4.90 Å². The molecule has 1 aliphatic rings. The summed E-state index contributed by atoms with van der Waals surface area (Å²) < 4.78 is 11.0. The van der Waals surface area contributed by atoms with Crippen molar-refractivity contribution in [2.24, 2.45) is 0 Å². The highest BCUT2D eigenvalue weighted by atomic mass is 35.5. The molecule has 0 aliphatic carbocycles. The minimum absolute atomic E-state index is 0.0167. The highest BCUT2D eigenvalue weighted by Crippen LogP contribution is 2.33. The van der Waals surface area contributed by atoms with Crippen molar-refractivity contribution in [1.82, 2.24) is 10.1 Å². The smallest absolute Gasteiger partial charge is 0.232 e. The van der Waals surface area contributed by atoms with Gasteiger partial charge in [-0.25, -0.2) is 0 Å². The van der Waals surface area contributed by atoms with Crippen LogP contribution in [0.1, 0.15) is 30.7 Å². The molecule has 144 valence electrons. The van der Waals surface area contributed by atoms with Crippen molar-refractivity contribution in [2.75, 3.05) is 18.1 Å². The van der Waals surface area contributed by atoms with Gasteiger partial charge in [-0.3, -0.25) is 4.79 Å². The van der Waals surface area contributed by atoms with Crippen LogP contribution in [0, 0.1) is 6.92 Å². The second-order valence-electron chi connectivity index (χ2n) is 6.76. The van der Waals surface area contributed by atoms with Crippen LogP contribution in [0.3, 0.4) is 0 Å². The van der Waals surface area contributed by atoms with Crippen LogP contribution in [0.15, 0.2) is 47.0 Å². The fourth-order valence-corrected chi connectivity index (χ4v) is 3.46. The summed E-state index contributed by atoms with van der Waals surface area (Å²) >= 11 is 6.21. The van der Waals surface area contributed by atoms with Gasteiger partial charge in [-0.05, 0) is 43.7 Å². The SMILES string of the molecule is CCOc1cccc(-c2noc(C3CC(=O)N(c4ccc(C)c(Cl)c4)C3)n2)c1. The first-order valence-electron chi connectivity index (χ1n) is 9.18. The number of hydrogen-bond acceptors (Lipinski definition) is 5. The molecule has 6 nitrogen and oxygen atoms in total. The first kappa shape index (κ1) is 18.5. The molecule has 3 aromatic rings. The Morgan fingerprint density at radius 3 is 2.93 bits per heavy atom. The van der Waals surface area contributed by atoms with E-state index in [-0.39, 0.29) is 11.8 Å². The van der Waals surface area contributed by atoms with E-state index in [4.69, 9.17) is 20.9 Å². The van der Waals surface area contributed by atoms with Crippen molar-refractivity contribution >= 4 is 23.2 Å². The van der Waals surface area contributed by atoms with Gasteiger partial charge in [0.2, 0.25) is 17.6 Å². The fraction of sp³-hybridized carbons (Fsp3) is 0.286. The molecule has 1 atom stereocenters. The Bertz CT molecular complexity index is 1020. The van der Waals surface area contributed by atoms with Crippen molar-refractivity contribution in [3.63, 3.8) is 0 Å². The molecule has 0 bridgehead atoms. The molecule has 28 heavy (non-hydrogen) atoms. The minimum Gasteiger partial charge on any atom is -0.494 e. The average molecular weight is 398 g/mol. The lowest BCUT2D eigenvalue weighted by molar-refractivity contribution is -0.117. The first-order chi connectivity index (χ1) is 13.5. The number of nitrogens with zero attached hydrogens (tertiary/aromatic N) is 3. The first-order valence-corrected chi connectivity index (χ1v) is 9.56. The molecule has 2 aromatic carbocycles. The van der Waals surface area contributed by atoms with Crippen LogP contribution in [0.2, 0.25) is 5.02 Å². The van der Waals surface area contributed by atoms with Crippen LogP contribution < -0.4 is 9.64 Å². The number of carbonyl (C=O) groups excluding carboxylic acids is 1. The van der Waals surface area contributed by atoms with Gasteiger partial charge in [-0.2, -0.15) is 4.98 Å². The van der Waals surface area contributed by atoms with Gasteiger partial charge in [0, 0.05) is 29.2 Å². The van der Waals surface area contributed by atoms with E-state index >= 15 is 0 Å². The van der Waals surface area contributed by atoms with E-state index in [9.17, 15) is 4.79 Å². The highest BCUT2D eigenvalue weighted by molar-refractivity contribution is 6.31. The topological polar surface area (TPSA) is 68.5 Å². The fourth-order valence-electron chi connectivity index (χ4n) is 3.28. The van der Waals surface area contributed by atoms with Gasteiger partial charge in [0.25, 0.3) is 0 Å². The summed E-state index contributed by atoms with van der Waals surface area (Å²) in [6.07, 6.45) is 0.326. The van der Waals surface area contributed by atoms with Gasteiger partial charge >= 0.3 is 0 Å². The molecule has 0 radical (unpaired) electrons. The molecule has 0 N–H and O–H groups in total. The van der Waals surface area contributed by atoms with Crippen molar-refractivity contribution in [2.45, 2.75) is 26.2 Å². The maximum atomic E-state index is 12.5. The lowest BCUT2D eigenvalue weighted by Crippen LogP contribution is -2.24. The molecular formula is C21H20ClN3O3. The number of carbonyl (C=O) groups is 1. The second-order valence-corrected chi connectivity index (χ2v) is 7.16. The van der Waals surface area contributed by atoms with Crippen LogP contribution in [0.25, 0.3) is 11.4 Å². The minimum atomic E-state index is -0.149. The Hall–Kier alpha value is -2.86.